The van der Waals surface area contributed by atoms with Crippen molar-refractivity contribution in [1.29, 1.82) is 0 Å². The fourth-order valence-electron chi connectivity index (χ4n) is 1.81. The molecule has 1 N–H and O–H groups in total. The molecule has 0 aliphatic rings. The van der Waals surface area contributed by atoms with Crippen LogP contribution in [0, 0.1) is 20.8 Å². The Morgan fingerprint density at radius 3 is 2.32 bits per heavy atom. The highest BCUT2D eigenvalue weighted by molar-refractivity contribution is 6.30. The standard InChI is InChI=1S/C14H16ClN3O/c1-8-5-11(15)6-9(2)12(8)19-13-10(3)7-17-14(16-4)18-13/h5-7H,1-4H3,(H,16,17,18). The molecular formula is C14H16ClN3O. The predicted molar refractivity (Wildman–Crippen MR) is 77.3 cm³/mol. The molecule has 5 heteroatoms. The van der Waals surface area contributed by atoms with Gasteiger partial charge in [-0.3, -0.25) is 0 Å². The summed E-state index contributed by atoms with van der Waals surface area (Å²) in [5, 5.41) is 3.60. The summed E-state index contributed by atoms with van der Waals surface area (Å²) in [7, 11) is 1.77. The fraction of sp³-hybridized carbons (Fsp3) is 0.286. The second-order valence-corrected chi connectivity index (χ2v) is 4.84. The first-order valence-electron chi connectivity index (χ1n) is 5.97. The second kappa shape index (κ2) is 5.45. The van der Waals surface area contributed by atoms with Gasteiger partial charge >= 0.3 is 0 Å². The van der Waals surface area contributed by atoms with Crippen molar-refractivity contribution in [1.82, 2.24) is 9.97 Å². The zero-order valence-electron chi connectivity index (χ0n) is 11.4. The van der Waals surface area contributed by atoms with E-state index in [0.717, 1.165) is 22.4 Å². The van der Waals surface area contributed by atoms with Crippen LogP contribution in [-0.4, -0.2) is 17.0 Å². The van der Waals surface area contributed by atoms with Crippen molar-refractivity contribution in [3.63, 3.8) is 0 Å². The Hall–Kier alpha value is -1.81. The van der Waals surface area contributed by atoms with Crippen molar-refractivity contribution in [2.24, 2.45) is 0 Å². The zero-order valence-corrected chi connectivity index (χ0v) is 12.2. The predicted octanol–water partition coefficient (Wildman–Crippen LogP) is 3.89. The Morgan fingerprint density at radius 1 is 1.11 bits per heavy atom. The molecule has 2 rings (SSSR count). The van der Waals surface area contributed by atoms with E-state index < -0.39 is 0 Å². The van der Waals surface area contributed by atoms with Gasteiger partial charge in [-0.25, -0.2) is 4.98 Å². The van der Waals surface area contributed by atoms with Crippen molar-refractivity contribution in [2.75, 3.05) is 12.4 Å². The molecule has 0 aliphatic carbocycles. The van der Waals surface area contributed by atoms with Gasteiger partial charge in [-0.1, -0.05) is 11.6 Å². The molecule has 0 spiro atoms. The van der Waals surface area contributed by atoms with Crippen LogP contribution in [0.3, 0.4) is 0 Å². The van der Waals surface area contributed by atoms with E-state index in [1.165, 1.54) is 0 Å². The second-order valence-electron chi connectivity index (χ2n) is 4.40. The monoisotopic (exact) mass is 277 g/mol. The third kappa shape index (κ3) is 2.96. The van der Waals surface area contributed by atoms with Gasteiger partial charge in [0.2, 0.25) is 11.8 Å². The molecule has 1 aromatic carbocycles. The van der Waals surface area contributed by atoms with Gasteiger partial charge in [-0.05, 0) is 44.0 Å². The highest BCUT2D eigenvalue weighted by Gasteiger charge is 2.11. The maximum absolute atomic E-state index is 6.01. The Bertz CT molecular complexity index is 591. The summed E-state index contributed by atoms with van der Waals surface area (Å²) in [4.78, 5) is 8.45. The van der Waals surface area contributed by atoms with Gasteiger partial charge in [0.1, 0.15) is 5.75 Å². The van der Waals surface area contributed by atoms with Gasteiger partial charge in [0.05, 0.1) is 0 Å². The van der Waals surface area contributed by atoms with Crippen molar-refractivity contribution in [3.05, 3.63) is 40.0 Å². The van der Waals surface area contributed by atoms with Gasteiger partial charge in [0.25, 0.3) is 0 Å². The number of nitrogens with zero attached hydrogens (tertiary/aromatic N) is 2. The molecule has 1 aromatic heterocycles. The lowest BCUT2D eigenvalue weighted by atomic mass is 10.1. The van der Waals surface area contributed by atoms with Crippen molar-refractivity contribution in [3.8, 4) is 11.6 Å². The number of hydrogen-bond acceptors (Lipinski definition) is 4. The zero-order chi connectivity index (χ0) is 14.0. The summed E-state index contributed by atoms with van der Waals surface area (Å²) in [5.74, 6) is 1.87. The Balaban J connectivity index is 2.41. The molecule has 0 bridgehead atoms. The van der Waals surface area contributed by atoms with Crippen LogP contribution >= 0.6 is 11.6 Å². The molecule has 0 fully saturated rings. The molecular weight excluding hydrogens is 262 g/mol. The summed E-state index contributed by atoms with van der Waals surface area (Å²) in [6, 6.07) is 3.75. The SMILES string of the molecule is CNc1ncc(C)c(Oc2c(C)cc(Cl)cc2C)n1. The molecule has 0 saturated heterocycles. The summed E-state index contributed by atoms with van der Waals surface area (Å²) < 4.78 is 5.92. The van der Waals surface area contributed by atoms with Crippen LogP contribution in [0.15, 0.2) is 18.3 Å². The van der Waals surface area contributed by atoms with E-state index in [9.17, 15) is 0 Å². The first-order chi connectivity index (χ1) is 9.01. The number of nitrogens with one attached hydrogen (secondary N) is 1. The number of hydrogen-bond donors (Lipinski definition) is 1. The highest BCUT2D eigenvalue weighted by Crippen LogP contribution is 2.31. The number of aryl methyl sites for hydroxylation is 3. The van der Waals surface area contributed by atoms with E-state index in [2.05, 4.69) is 15.3 Å². The van der Waals surface area contributed by atoms with Crippen molar-refractivity contribution >= 4 is 17.5 Å². The molecule has 0 saturated carbocycles. The largest absolute Gasteiger partial charge is 0.438 e. The van der Waals surface area contributed by atoms with Gasteiger partial charge < -0.3 is 10.1 Å². The Morgan fingerprint density at radius 2 is 1.74 bits per heavy atom. The molecule has 100 valence electrons. The molecule has 2 aromatic rings. The number of benzene rings is 1. The smallest absolute Gasteiger partial charge is 0.226 e. The van der Waals surface area contributed by atoms with E-state index >= 15 is 0 Å². The number of rotatable bonds is 3. The Kier molecular flexibility index (Phi) is 3.90. The number of ether oxygens (including phenoxy) is 1. The van der Waals surface area contributed by atoms with Crippen LogP contribution in [0.1, 0.15) is 16.7 Å². The molecule has 1 heterocycles. The minimum Gasteiger partial charge on any atom is -0.438 e. The molecule has 0 amide bonds. The minimum absolute atomic E-state index is 0.532. The Labute approximate surface area is 117 Å². The summed E-state index contributed by atoms with van der Waals surface area (Å²) >= 11 is 6.01. The van der Waals surface area contributed by atoms with Crippen LogP contribution in [0.4, 0.5) is 5.95 Å². The van der Waals surface area contributed by atoms with E-state index in [1.807, 2.05) is 32.9 Å². The van der Waals surface area contributed by atoms with E-state index in [4.69, 9.17) is 16.3 Å². The van der Waals surface area contributed by atoms with E-state index in [0.29, 0.717) is 16.9 Å². The third-order valence-electron chi connectivity index (χ3n) is 2.77. The van der Waals surface area contributed by atoms with Gasteiger partial charge in [-0.15, -0.1) is 0 Å². The topological polar surface area (TPSA) is 47.0 Å². The average Bonchev–Trinajstić information content (AvgIpc) is 2.35. The number of halogens is 1. The van der Waals surface area contributed by atoms with Gasteiger partial charge in [-0.2, -0.15) is 4.98 Å². The van der Waals surface area contributed by atoms with Crippen LogP contribution in [0.2, 0.25) is 5.02 Å². The molecule has 19 heavy (non-hydrogen) atoms. The lowest BCUT2D eigenvalue weighted by Gasteiger charge is -2.13. The lowest BCUT2D eigenvalue weighted by Crippen LogP contribution is -2.01. The molecule has 0 atom stereocenters. The maximum Gasteiger partial charge on any atom is 0.226 e. The van der Waals surface area contributed by atoms with Crippen LogP contribution in [0.25, 0.3) is 0 Å². The molecule has 0 radical (unpaired) electrons. The van der Waals surface area contributed by atoms with E-state index in [-0.39, 0.29) is 0 Å². The summed E-state index contributed by atoms with van der Waals surface area (Å²) in [5.41, 5.74) is 2.84. The fourth-order valence-corrected chi connectivity index (χ4v) is 2.13. The van der Waals surface area contributed by atoms with Crippen LogP contribution in [0.5, 0.6) is 11.6 Å². The van der Waals surface area contributed by atoms with Gasteiger partial charge in [0, 0.05) is 23.8 Å². The summed E-state index contributed by atoms with van der Waals surface area (Å²) in [6.45, 7) is 5.84. The number of aromatic nitrogens is 2. The normalized spacial score (nSPS) is 10.4. The highest BCUT2D eigenvalue weighted by atomic mass is 35.5. The molecule has 0 unspecified atom stereocenters. The minimum atomic E-state index is 0.532. The quantitative estimate of drug-likeness (QED) is 0.925. The molecule has 0 aliphatic heterocycles. The third-order valence-corrected chi connectivity index (χ3v) is 2.99. The van der Waals surface area contributed by atoms with Crippen LogP contribution < -0.4 is 10.1 Å². The maximum atomic E-state index is 6.01. The van der Waals surface area contributed by atoms with Crippen LogP contribution in [-0.2, 0) is 0 Å². The van der Waals surface area contributed by atoms with E-state index in [1.54, 1.807) is 13.2 Å². The lowest BCUT2D eigenvalue weighted by molar-refractivity contribution is 0.451. The molecule has 4 nitrogen and oxygen atoms in total. The number of anilines is 1. The first-order valence-corrected chi connectivity index (χ1v) is 6.35. The van der Waals surface area contributed by atoms with Crippen molar-refractivity contribution in [2.45, 2.75) is 20.8 Å². The van der Waals surface area contributed by atoms with Crippen molar-refractivity contribution < 1.29 is 4.74 Å². The first kappa shape index (κ1) is 13.6. The summed E-state index contributed by atoms with van der Waals surface area (Å²) in [6.07, 6.45) is 1.73. The van der Waals surface area contributed by atoms with Gasteiger partial charge in [0.15, 0.2) is 0 Å². The average molecular weight is 278 g/mol.